The van der Waals surface area contributed by atoms with Crippen LogP contribution in [0.4, 0.5) is 4.39 Å². The van der Waals surface area contributed by atoms with Crippen LogP contribution < -0.4 is 0 Å². The van der Waals surface area contributed by atoms with Crippen LogP contribution in [0.3, 0.4) is 0 Å². The lowest BCUT2D eigenvalue weighted by atomic mass is 10.2. The highest BCUT2D eigenvalue weighted by Crippen LogP contribution is 2.16. The van der Waals surface area contributed by atoms with Gasteiger partial charge in [0.15, 0.2) is 0 Å². The predicted molar refractivity (Wildman–Crippen MR) is 62.6 cm³/mol. The number of hydrogen-bond acceptors (Lipinski definition) is 1. The van der Waals surface area contributed by atoms with Crippen molar-refractivity contribution in [3.63, 3.8) is 0 Å². The topological polar surface area (TPSA) is 17.8 Å². The average Bonchev–Trinajstić information content (AvgIpc) is 2.61. The van der Waals surface area contributed by atoms with Gasteiger partial charge in [0.1, 0.15) is 5.82 Å². The van der Waals surface area contributed by atoms with Crippen molar-refractivity contribution in [3.05, 3.63) is 30.2 Å². The molecule has 1 aromatic heterocycles. The highest BCUT2D eigenvalue weighted by Gasteiger charge is 2.07. The van der Waals surface area contributed by atoms with Crippen molar-refractivity contribution < 1.29 is 4.39 Å². The summed E-state index contributed by atoms with van der Waals surface area (Å²) in [5, 5.41) is 6.16. The van der Waals surface area contributed by atoms with Crippen LogP contribution in [0.25, 0.3) is 10.9 Å². The molecule has 0 spiro atoms. The maximum atomic E-state index is 13.1. The van der Waals surface area contributed by atoms with Gasteiger partial charge in [0, 0.05) is 17.3 Å². The minimum absolute atomic E-state index is 0.212. The molecule has 2 nitrogen and oxygen atoms in total. The van der Waals surface area contributed by atoms with Crippen molar-refractivity contribution in [1.29, 1.82) is 0 Å². The van der Waals surface area contributed by atoms with E-state index in [0.717, 1.165) is 22.8 Å². The van der Waals surface area contributed by atoms with Crippen molar-refractivity contribution >= 4 is 26.8 Å². The second-order valence-electron chi connectivity index (χ2n) is 3.79. The molecule has 0 N–H and O–H groups in total. The fraction of sp³-hybridized carbons (Fsp3) is 0.364. The molecule has 15 heavy (non-hydrogen) atoms. The van der Waals surface area contributed by atoms with E-state index in [1.165, 1.54) is 12.1 Å². The van der Waals surface area contributed by atoms with Gasteiger partial charge in [0.25, 0.3) is 0 Å². The molecule has 0 aliphatic heterocycles. The summed E-state index contributed by atoms with van der Waals surface area (Å²) in [6, 6.07) is 4.75. The summed E-state index contributed by atoms with van der Waals surface area (Å²) < 4.78 is 14.9. The monoisotopic (exact) mass is 270 g/mol. The molecule has 1 heterocycles. The van der Waals surface area contributed by atoms with Crippen LogP contribution >= 0.6 is 15.9 Å². The molecule has 0 aliphatic rings. The Kier molecular flexibility index (Phi) is 3.05. The zero-order valence-corrected chi connectivity index (χ0v) is 10.0. The lowest BCUT2D eigenvalue weighted by Crippen LogP contribution is -2.09. The lowest BCUT2D eigenvalue weighted by molar-refractivity contribution is 0.503. The molecular weight excluding hydrogens is 259 g/mol. The average molecular weight is 271 g/mol. The maximum Gasteiger partial charge on any atom is 0.125 e. The van der Waals surface area contributed by atoms with Gasteiger partial charge in [-0.15, -0.1) is 0 Å². The fourth-order valence-corrected chi connectivity index (χ4v) is 1.74. The summed E-state index contributed by atoms with van der Waals surface area (Å²) in [6.07, 6.45) is 1.77. The Labute approximate surface area is 96.2 Å². The summed E-state index contributed by atoms with van der Waals surface area (Å²) in [4.78, 5) is 0. The van der Waals surface area contributed by atoms with Gasteiger partial charge in [0.05, 0.1) is 11.7 Å². The molecule has 0 saturated carbocycles. The number of benzene rings is 1. The van der Waals surface area contributed by atoms with Crippen LogP contribution in [0.5, 0.6) is 0 Å². The standard InChI is InChI=1S/C11H12BrFN2/c1-8(5-12)7-15-11-4-10(13)3-2-9(11)6-14-15/h2-4,6,8H,5,7H2,1H3. The molecule has 2 rings (SSSR count). The summed E-state index contributed by atoms with van der Waals surface area (Å²) in [6.45, 7) is 2.93. The lowest BCUT2D eigenvalue weighted by Gasteiger charge is -2.08. The number of alkyl halides is 1. The van der Waals surface area contributed by atoms with E-state index in [9.17, 15) is 4.39 Å². The van der Waals surface area contributed by atoms with E-state index in [1.54, 1.807) is 12.3 Å². The second-order valence-corrected chi connectivity index (χ2v) is 4.44. The Bertz CT molecular complexity index is 467. The van der Waals surface area contributed by atoms with Gasteiger partial charge in [0.2, 0.25) is 0 Å². The number of aromatic nitrogens is 2. The van der Waals surface area contributed by atoms with Crippen LogP contribution in [0.15, 0.2) is 24.4 Å². The highest BCUT2D eigenvalue weighted by molar-refractivity contribution is 9.09. The summed E-state index contributed by atoms with van der Waals surface area (Å²) in [7, 11) is 0. The molecule has 0 fully saturated rings. The SMILES string of the molecule is CC(CBr)Cn1ncc2ccc(F)cc21. The molecule has 4 heteroatoms. The van der Waals surface area contributed by atoms with Gasteiger partial charge in [-0.25, -0.2) is 4.39 Å². The zero-order valence-electron chi connectivity index (χ0n) is 8.45. The van der Waals surface area contributed by atoms with Crippen molar-refractivity contribution in [2.45, 2.75) is 13.5 Å². The van der Waals surface area contributed by atoms with Gasteiger partial charge in [-0.1, -0.05) is 22.9 Å². The van der Waals surface area contributed by atoms with E-state index in [1.807, 2.05) is 4.68 Å². The van der Waals surface area contributed by atoms with Crippen LogP contribution in [0.1, 0.15) is 6.92 Å². The van der Waals surface area contributed by atoms with Crippen LogP contribution in [0.2, 0.25) is 0 Å². The Balaban J connectivity index is 2.39. The molecule has 1 atom stereocenters. The van der Waals surface area contributed by atoms with E-state index in [2.05, 4.69) is 28.0 Å². The highest BCUT2D eigenvalue weighted by atomic mass is 79.9. The molecule has 0 bridgehead atoms. The Morgan fingerprint density at radius 2 is 2.33 bits per heavy atom. The molecule has 2 aromatic rings. The van der Waals surface area contributed by atoms with Crippen LogP contribution in [0, 0.1) is 11.7 Å². The summed E-state index contributed by atoms with van der Waals surface area (Å²) in [5.41, 5.74) is 0.864. The zero-order chi connectivity index (χ0) is 10.8. The van der Waals surface area contributed by atoms with E-state index >= 15 is 0 Å². The molecule has 1 aromatic carbocycles. The largest absolute Gasteiger partial charge is 0.264 e. The predicted octanol–water partition coefficient (Wildman–Crippen LogP) is 3.21. The minimum atomic E-state index is -0.212. The van der Waals surface area contributed by atoms with Gasteiger partial charge < -0.3 is 0 Å². The third-order valence-corrected chi connectivity index (χ3v) is 3.46. The first-order chi connectivity index (χ1) is 7.20. The van der Waals surface area contributed by atoms with E-state index in [4.69, 9.17) is 0 Å². The number of rotatable bonds is 3. The third kappa shape index (κ3) is 2.20. The summed E-state index contributed by atoms with van der Waals surface area (Å²) in [5.74, 6) is 0.270. The molecule has 80 valence electrons. The molecule has 0 saturated heterocycles. The fourth-order valence-electron chi connectivity index (χ4n) is 1.53. The summed E-state index contributed by atoms with van der Waals surface area (Å²) >= 11 is 3.42. The molecule has 0 aliphatic carbocycles. The van der Waals surface area contributed by atoms with Crippen molar-refractivity contribution in [3.8, 4) is 0 Å². The van der Waals surface area contributed by atoms with Gasteiger partial charge in [-0.3, -0.25) is 4.68 Å². The first-order valence-corrected chi connectivity index (χ1v) is 6.00. The minimum Gasteiger partial charge on any atom is -0.264 e. The first-order valence-electron chi connectivity index (χ1n) is 4.87. The molecule has 0 amide bonds. The number of fused-ring (bicyclic) bond motifs is 1. The molecular formula is C11H12BrFN2. The van der Waals surface area contributed by atoms with Gasteiger partial charge >= 0.3 is 0 Å². The Morgan fingerprint density at radius 1 is 1.53 bits per heavy atom. The number of nitrogens with zero attached hydrogens (tertiary/aromatic N) is 2. The van der Waals surface area contributed by atoms with Gasteiger partial charge in [-0.05, 0) is 24.1 Å². The second kappa shape index (κ2) is 4.31. The van der Waals surface area contributed by atoms with Crippen molar-refractivity contribution in [2.24, 2.45) is 5.92 Å². The van der Waals surface area contributed by atoms with Crippen molar-refractivity contribution in [1.82, 2.24) is 9.78 Å². The Morgan fingerprint density at radius 3 is 3.07 bits per heavy atom. The Hall–Kier alpha value is -0.900. The van der Waals surface area contributed by atoms with E-state index in [-0.39, 0.29) is 5.82 Å². The molecule has 0 radical (unpaired) electrons. The van der Waals surface area contributed by atoms with Crippen molar-refractivity contribution in [2.75, 3.05) is 5.33 Å². The number of halogens is 2. The van der Waals surface area contributed by atoms with Crippen LogP contribution in [-0.2, 0) is 6.54 Å². The number of hydrogen-bond donors (Lipinski definition) is 0. The van der Waals surface area contributed by atoms with Gasteiger partial charge in [-0.2, -0.15) is 5.10 Å². The third-order valence-electron chi connectivity index (χ3n) is 2.35. The normalized spacial score (nSPS) is 13.3. The van der Waals surface area contributed by atoms with E-state index < -0.39 is 0 Å². The quantitative estimate of drug-likeness (QED) is 0.784. The smallest absolute Gasteiger partial charge is 0.125 e. The van der Waals surface area contributed by atoms with E-state index in [0.29, 0.717) is 5.92 Å². The molecule has 1 unspecified atom stereocenters. The van der Waals surface area contributed by atoms with Crippen LogP contribution in [-0.4, -0.2) is 15.1 Å². The first kappa shape index (κ1) is 10.6. The maximum absolute atomic E-state index is 13.1.